The van der Waals surface area contributed by atoms with Gasteiger partial charge in [0, 0.05) is 37.8 Å². The van der Waals surface area contributed by atoms with Crippen molar-refractivity contribution >= 4 is 24.4 Å². The standard InChI is InChI=1S/C29H26F6N2O.ClH/c30-28(31,32)24-17-23(18-25(19-24)29(33,34)35)27(38)37-15-14-36(13-7-12-21-8-3-1-4-9-21)20-26(37)16-22-10-5-2-6-11-22;/h1-12,17-19,26H,13-16,20H2;1H/t26-;/m1./s1. The molecule has 1 amide bonds. The Hall–Kier alpha value is -3.30. The molecule has 0 bridgehead atoms. The predicted octanol–water partition coefficient (Wildman–Crippen LogP) is 7.23. The van der Waals surface area contributed by atoms with E-state index in [0.29, 0.717) is 38.2 Å². The Labute approximate surface area is 229 Å². The summed E-state index contributed by atoms with van der Waals surface area (Å²) in [4.78, 5) is 16.9. The molecule has 1 fully saturated rings. The van der Waals surface area contributed by atoms with E-state index < -0.39 is 41.0 Å². The molecule has 1 heterocycles. The van der Waals surface area contributed by atoms with Gasteiger partial charge in [-0.05, 0) is 35.7 Å². The molecule has 1 saturated heterocycles. The molecule has 0 spiro atoms. The van der Waals surface area contributed by atoms with Crippen molar-refractivity contribution in [2.75, 3.05) is 26.2 Å². The molecule has 4 rings (SSSR count). The second-order valence-electron chi connectivity index (χ2n) is 9.21. The molecule has 3 aromatic rings. The maximum absolute atomic E-state index is 13.4. The quantitative estimate of drug-likeness (QED) is 0.293. The number of hydrogen-bond donors (Lipinski definition) is 0. The Morgan fingerprint density at radius 3 is 1.95 bits per heavy atom. The van der Waals surface area contributed by atoms with Crippen LogP contribution in [0.5, 0.6) is 0 Å². The summed E-state index contributed by atoms with van der Waals surface area (Å²) in [5, 5.41) is 0. The number of amides is 1. The van der Waals surface area contributed by atoms with Gasteiger partial charge in [0.2, 0.25) is 0 Å². The third-order valence-corrected chi connectivity index (χ3v) is 6.45. The smallest absolute Gasteiger partial charge is 0.333 e. The summed E-state index contributed by atoms with van der Waals surface area (Å²) >= 11 is 0. The summed E-state index contributed by atoms with van der Waals surface area (Å²) in [5.41, 5.74) is -1.67. The van der Waals surface area contributed by atoms with Crippen molar-refractivity contribution in [3.8, 4) is 0 Å². The molecule has 208 valence electrons. The average Bonchev–Trinajstić information content (AvgIpc) is 2.88. The van der Waals surface area contributed by atoms with Crippen LogP contribution in [0, 0.1) is 0 Å². The molecular formula is C29H27ClF6N2O. The van der Waals surface area contributed by atoms with Crippen LogP contribution < -0.4 is 0 Å². The van der Waals surface area contributed by atoms with Gasteiger partial charge in [0.1, 0.15) is 0 Å². The van der Waals surface area contributed by atoms with Gasteiger partial charge in [0.15, 0.2) is 0 Å². The zero-order valence-corrected chi connectivity index (χ0v) is 21.6. The van der Waals surface area contributed by atoms with E-state index in [4.69, 9.17) is 0 Å². The summed E-state index contributed by atoms with van der Waals surface area (Å²) in [6, 6.07) is 19.6. The van der Waals surface area contributed by atoms with Gasteiger partial charge < -0.3 is 4.90 Å². The molecule has 3 aromatic carbocycles. The Morgan fingerprint density at radius 2 is 1.38 bits per heavy atom. The molecule has 10 heteroatoms. The van der Waals surface area contributed by atoms with Gasteiger partial charge in [-0.15, -0.1) is 12.4 Å². The van der Waals surface area contributed by atoms with Gasteiger partial charge in [-0.1, -0.05) is 72.8 Å². The molecule has 0 aliphatic carbocycles. The van der Waals surface area contributed by atoms with Crippen LogP contribution in [0.4, 0.5) is 26.3 Å². The number of alkyl halides is 6. The Balaban J connectivity index is 0.00000420. The minimum atomic E-state index is -5.02. The van der Waals surface area contributed by atoms with Crippen molar-refractivity contribution in [3.05, 3.63) is 113 Å². The number of piperazine rings is 1. The van der Waals surface area contributed by atoms with E-state index in [1.165, 1.54) is 4.90 Å². The van der Waals surface area contributed by atoms with Crippen molar-refractivity contribution in [2.24, 2.45) is 0 Å². The van der Waals surface area contributed by atoms with E-state index in [-0.39, 0.29) is 25.0 Å². The van der Waals surface area contributed by atoms with E-state index in [0.717, 1.165) is 11.1 Å². The number of halogens is 7. The fraction of sp³-hybridized carbons (Fsp3) is 0.276. The molecule has 0 N–H and O–H groups in total. The predicted molar refractivity (Wildman–Crippen MR) is 141 cm³/mol. The summed E-state index contributed by atoms with van der Waals surface area (Å²) in [6.07, 6.45) is -5.66. The van der Waals surface area contributed by atoms with Gasteiger partial charge in [0.05, 0.1) is 11.1 Å². The third-order valence-electron chi connectivity index (χ3n) is 6.45. The van der Waals surface area contributed by atoms with Gasteiger partial charge >= 0.3 is 12.4 Å². The Kier molecular flexibility index (Phi) is 9.85. The fourth-order valence-electron chi connectivity index (χ4n) is 4.56. The number of nitrogens with zero attached hydrogens (tertiary/aromatic N) is 2. The lowest BCUT2D eigenvalue weighted by Gasteiger charge is -2.41. The van der Waals surface area contributed by atoms with Gasteiger partial charge in [-0.2, -0.15) is 26.3 Å². The van der Waals surface area contributed by atoms with E-state index in [9.17, 15) is 31.1 Å². The fourth-order valence-corrected chi connectivity index (χ4v) is 4.56. The molecule has 1 aliphatic heterocycles. The minimum absolute atomic E-state index is 0. The molecule has 3 nitrogen and oxygen atoms in total. The van der Waals surface area contributed by atoms with Gasteiger partial charge in [-0.3, -0.25) is 9.69 Å². The maximum Gasteiger partial charge on any atom is 0.416 e. The summed E-state index contributed by atoms with van der Waals surface area (Å²) in [5.74, 6) is -0.845. The summed E-state index contributed by atoms with van der Waals surface area (Å²) in [7, 11) is 0. The van der Waals surface area contributed by atoms with Crippen LogP contribution in [0.15, 0.2) is 84.9 Å². The molecule has 0 unspecified atom stereocenters. The van der Waals surface area contributed by atoms with Gasteiger partial charge in [-0.25, -0.2) is 0 Å². The highest BCUT2D eigenvalue weighted by Crippen LogP contribution is 2.37. The normalized spacial score (nSPS) is 16.8. The minimum Gasteiger partial charge on any atom is -0.333 e. The first-order valence-corrected chi connectivity index (χ1v) is 12.1. The lowest BCUT2D eigenvalue weighted by Crippen LogP contribution is -2.56. The van der Waals surface area contributed by atoms with E-state index in [1.807, 2.05) is 72.8 Å². The van der Waals surface area contributed by atoms with Crippen LogP contribution in [0.1, 0.15) is 32.6 Å². The number of rotatable bonds is 6. The second kappa shape index (κ2) is 12.7. The van der Waals surface area contributed by atoms with Crippen LogP contribution in [-0.4, -0.2) is 47.9 Å². The van der Waals surface area contributed by atoms with Crippen LogP contribution >= 0.6 is 12.4 Å². The third kappa shape index (κ3) is 8.10. The monoisotopic (exact) mass is 568 g/mol. The molecular weight excluding hydrogens is 542 g/mol. The van der Waals surface area contributed by atoms with Gasteiger partial charge in [0.25, 0.3) is 5.91 Å². The highest BCUT2D eigenvalue weighted by molar-refractivity contribution is 5.95. The second-order valence-corrected chi connectivity index (χ2v) is 9.21. The SMILES string of the molecule is Cl.O=C(c1cc(C(F)(F)F)cc(C(F)(F)F)c1)N1CCN(CC=Cc2ccccc2)C[C@H]1Cc1ccccc1. The number of carbonyl (C=O) groups excluding carboxylic acids is 1. The average molecular weight is 569 g/mol. The van der Waals surface area contributed by atoms with Crippen molar-refractivity contribution < 1.29 is 31.1 Å². The first-order chi connectivity index (χ1) is 18.0. The number of benzene rings is 3. The topological polar surface area (TPSA) is 23.6 Å². The van der Waals surface area contributed by atoms with Crippen molar-refractivity contribution in [1.82, 2.24) is 9.80 Å². The van der Waals surface area contributed by atoms with Crippen LogP contribution in [0.3, 0.4) is 0 Å². The zero-order chi connectivity index (χ0) is 27.3. The molecule has 1 aliphatic rings. The first kappa shape index (κ1) is 30.2. The van der Waals surface area contributed by atoms with Crippen LogP contribution in [0.2, 0.25) is 0 Å². The molecule has 39 heavy (non-hydrogen) atoms. The summed E-state index contributed by atoms with van der Waals surface area (Å²) < 4.78 is 80.4. The first-order valence-electron chi connectivity index (χ1n) is 12.1. The maximum atomic E-state index is 13.4. The lowest BCUT2D eigenvalue weighted by molar-refractivity contribution is -0.143. The van der Waals surface area contributed by atoms with Crippen molar-refractivity contribution in [2.45, 2.75) is 24.8 Å². The highest BCUT2D eigenvalue weighted by atomic mass is 35.5. The van der Waals surface area contributed by atoms with E-state index in [2.05, 4.69) is 4.90 Å². The Morgan fingerprint density at radius 1 is 0.821 bits per heavy atom. The summed E-state index contributed by atoms with van der Waals surface area (Å²) in [6.45, 7) is 1.61. The molecule has 0 saturated carbocycles. The highest BCUT2D eigenvalue weighted by Gasteiger charge is 2.39. The van der Waals surface area contributed by atoms with Crippen LogP contribution in [-0.2, 0) is 18.8 Å². The Bertz CT molecular complexity index is 1230. The van der Waals surface area contributed by atoms with E-state index >= 15 is 0 Å². The number of hydrogen-bond acceptors (Lipinski definition) is 2. The van der Waals surface area contributed by atoms with Crippen molar-refractivity contribution in [3.63, 3.8) is 0 Å². The van der Waals surface area contributed by atoms with Crippen LogP contribution in [0.25, 0.3) is 6.08 Å². The van der Waals surface area contributed by atoms with E-state index in [1.54, 1.807) is 0 Å². The lowest BCUT2D eigenvalue weighted by atomic mass is 9.99. The largest absolute Gasteiger partial charge is 0.416 e. The molecule has 1 atom stereocenters. The van der Waals surface area contributed by atoms with Crippen molar-refractivity contribution in [1.29, 1.82) is 0 Å². The number of carbonyl (C=O) groups is 1. The zero-order valence-electron chi connectivity index (χ0n) is 20.8. The molecule has 0 aromatic heterocycles. The molecule has 0 radical (unpaired) electrons.